The summed E-state index contributed by atoms with van der Waals surface area (Å²) in [7, 11) is 1.48. The molecule has 0 N–H and O–H groups in total. The van der Waals surface area contributed by atoms with Crippen molar-refractivity contribution in [3.8, 4) is 22.9 Å². The van der Waals surface area contributed by atoms with Gasteiger partial charge in [-0.1, -0.05) is 23.7 Å². The van der Waals surface area contributed by atoms with Crippen LogP contribution < -0.4 is 4.74 Å². The molecule has 4 rings (SSSR count). The Balaban J connectivity index is 1.76. The molecule has 0 saturated carbocycles. The van der Waals surface area contributed by atoms with E-state index in [2.05, 4.69) is 16.0 Å². The van der Waals surface area contributed by atoms with E-state index in [1.54, 1.807) is 30.5 Å². The maximum Gasteiger partial charge on any atom is 0.181 e. The van der Waals surface area contributed by atoms with Crippen LogP contribution in [0.4, 0.5) is 0 Å². The van der Waals surface area contributed by atoms with Crippen molar-refractivity contribution < 1.29 is 13.9 Å². The summed E-state index contributed by atoms with van der Waals surface area (Å²) in [4.78, 5) is 19.6. The van der Waals surface area contributed by atoms with Crippen LogP contribution in [0.5, 0.6) is 5.75 Å². The number of carbonyl (C=O) groups excluding carboxylic acids is 1. The molecule has 0 saturated heterocycles. The molecule has 0 spiro atoms. The predicted octanol–water partition coefficient (Wildman–Crippen LogP) is 5.41. The summed E-state index contributed by atoms with van der Waals surface area (Å²) >= 11 is 6.28. The number of ether oxygens (including phenoxy) is 1. The van der Waals surface area contributed by atoms with Crippen LogP contribution in [0, 0.1) is 11.3 Å². The number of aldehydes is 1. The van der Waals surface area contributed by atoms with Crippen LogP contribution in [-0.2, 0) is 0 Å². The van der Waals surface area contributed by atoms with Gasteiger partial charge in [-0.05, 0) is 47.5 Å². The van der Waals surface area contributed by atoms with Gasteiger partial charge in [0.05, 0.1) is 23.9 Å². The van der Waals surface area contributed by atoms with Gasteiger partial charge in [0.15, 0.2) is 18.3 Å². The topological polar surface area (TPSA) is 89.0 Å². The van der Waals surface area contributed by atoms with E-state index in [4.69, 9.17) is 20.8 Å². The van der Waals surface area contributed by atoms with Crippen LogP contribution in [0.3, 0.4) is 0 Å². The van der Waals surface area contributed by atoms with Gasteiger partial charge in [-0.2, -0.15) is 5.26 Å². The van der Waals surface area contributed by atoms with Crippen molar-refractivity contribution in [3.05, 3.63) is 76.4 Å². The Kier molecular flexibility index (Phi) is 5.29. The lowest BCUT2D eigenvalue weighted by Crippen LogP contribution is -1.93. The van der Waals surface area contributed by atoms with Crippen LogP contribution in [-0.4, -0.2) is 23.4 Å². The molecule has 0 bridgehead atoms. The number of aromatic nitrogens is 2. The molecule has 7 heteroatoms. The third kappa shape index (κ3) is 3.54. The summed E-state index contributed by atoms with van der Waals surface area (Å²) in [5.74, 6) is 0.414. The van der Waals surface area contributed by atoms with E-state index in [1.807, 2.05) is 18.2 Å². The summed E-state index contributed by atoms with van der Waals surface area (Å²) in [6, 6.07) is 12.8. The molecular weight excluding hydrogens is 402 g/mol. The van der Waals surface area contributed by atoms with Gasteiger partial charge in [0.25, 0.3) is 0 Å². The molecule has 2 heterocycles. The number of pyridine rings is 1. The molecule has 0 radical (unpaired) electrons. The quantitative estimate of drug-likeness (QED) is 0.405. The van der Waals surface area contributed by atoms with Crippen molar-refractivity contribution in [2.75, 3.05) is 7.11 Å². The highest BCUT2D eigenvalue weighted by molar-refractivity contribution is 6.32. The van der Waals surface area contributed by atoms with Crippen molar-refractivity contribution in [1.29, 1.82) is 5.26 Å². The lowest BCUT2D eigenvalue weighted by molar-refractivity contribution is 0.112. The summed E-state index contributed by atoms with van der Waals surface area (Å²) in [6.07, 6.45) is 7.14. The zero-order valence-electron chi connectivity index (χ0n) is 15.8. The fourth-order valence-electron chi connectivity index (χ4n) is 3.13. The lowest BCUT2D eigenvalue weighted by Gasteiger charge is -2.08. The number of hydrogen-bond acceptors (Lipinski definition) is 6. The van der Waals surface area contributed by atoms with Crippen LogP contribution >= 0.6 is 11.6 Å². The van der Waals surface area contributed by atoms with Gasteiger partial charge in [0, 0.05) is 16.8 Å². The number of nitrogens with zero attached hydrogens (tertiary/aromatic N) is 3. The second-order valence-electron chi connectivity index (χ2n) is 6.33. The first-order valence-electron chi connectivity index (χ1n) is 8.88. The molecule has 0 atom stereocenters. The fourth-order valence-corrected chi connectivity index (χ4v) is 3.37. The fraction of sp³-hybridized carbons (Fsp3) is 0.0435. The second-order valence-corrected chi connectivity index (χ2v) is 6.74. The zero-order valence-corrected chi connectivity index (χ0v) is 16.6. The van der Waals surface area contributed by atoms with E-state index in [0.29, 0.717) is 45.0 Å². The Bertz CT molecular complexity index is 1340. The number of oxazole rings is 1. The third-order valence-electron chi connectivity index (χ3n) is 4.63. The van der Waals surface area contributed by atoms with E-state index in [0.717, 1.165) is 16.6 Å². The van der Waals surface area contributed by atoms with Gasteiger partial charge < -0.3 is 9.15 Å². The lowest BCUT2D eigenvalue weighted by atomic mass is 9.99. The first kappa shape index (κ1) is 19.4. The Morgan fingerprint density at radius 1 is 1.13 bits per heavy atom. The Morgan fingerprint density at radius 2 is 2.00 bits per heavy atom. The van der Waals surface area contributed by atoms with Crippen molar-refractivity contribution in [3.63, 3.8) is 0 Å². The third-order valence-corrected chi connectivity index (χ3v) is 4.96. The molecule has 146 valence electrons. The minimum atomic E-state index is 0.361. The van der Waals surface area contributed by atoms with Crippen LogP contribution in [0.2, 0.25) is 5.02 Å². The van der Waals surface area contributed by atoms with Crippen molar-refractivity contribution in [1.82, 2.24) is 9.97 Å². The van der Waals surface area contributed by atoms with Gasteiger partial charge >= 0.3 is 0 Å². The zero-order chi connectivity index (χ0) is 21.1. The van der Waals surface area contributed by atoms with E-state index < -0.39 is 0 Å². The number of fused-ring (bicyclic) bond motifs is 1. The highest BCUT2D eigenvalue weighted by Crippen LogP contribution is 2.30. The summed E-state index contributed by atoms with van der Waals surface area (Å²) in [6.45, 7) is 0. The molecule has 0 aliphatic rings. The van der Waals surface area contributed by atoms with Crippen LogP contribution in [0.1, 0.15) is 27.2 Å². The van der Waals surface area contributed by atoms with Crippen molar-refractivity contribution >= 4 is 41.1 Å². The standard InChI is InChI=1S/C23H14ClN3O3/c1-29-22-10-15(19(24)8-16(22)12-28)3-4-20-18(11-25)17(6-7-26-20)14-2-5-21-23(9-14)30-13-27-21/h2-10,12-13H,1H3/b4-3+. The molecule has 0 unspecified atom stereocenters. The molecule has 2 aromatic heterocycles. The number of carbonyl (C=O) groups is 1. The largest absolute Gasteiger partial charge is 0.496 e. The summed E-state index contributed by atoms with van der Waals surface area (Å²) in [5, 5.41) is 10.2. The average molecular weight is 416 g/mol. The number of hydrogen-bond donors (Lipinski definition) is 0. The Hall–Kier alpha value is -3.95. The molecule has 4 aromatic rings. The number of methoxy groups -OCH3 is 1. The minimum absolute atomic E-state index is 0.361. The van der Waals surface area contributed by atoms with E-state index in [1.165, 1.54) is 19.6 Å². The SMILES string of the molecule is COc1cc(/C=C/c2nccc(-c3ccc4ncoc4c3)c2C#N)c(Cl)cc1C=O. The van der Waals surface area contributed by atoms with E-state index >= 15 is 0 Å². The first-order valence-corrected chi connectivity index (χ1v) is 9.26. The number of benzene rings is 2. The Labute approximate surface area is 177 Å². The average Bonchev–Trinajstić information content (AvgIpc) is 3.25. The van der Waals surface area contributed by atoms with Crippen LogP contribution in [0.15, 0.2) is 53.4 Å². The maximum atomic E-state index is 11.1. The van der Waals surface area contributed by atoms with E-state index in [-0.39, 0.29) is 0 Å². The predicted molar refractivity (Wildman–Crippen MR) is 114 cm³/mol. The molecule has 2 aromatic carbocycles. The monoisotopic (exact) mass is 415 g/mol. The van der Waals surface area contributed by atoms with Gasteiger partial charge in [0.1, 0.15) is 17.3 Å². The van der Waals surface area contributed by atoms with Crippen molar-refractivity contribution in [2.24, 2.45) is 0 Å². The molecular formula is C23H14ClN3O3. The number of rotatable bonds is 5. The Morgan fingerprint density at radius 3 is 2.77 bits per heavy atom. The van der Waals surface area contributed by atoms with Crippen molar-refractivity contribution in [2.45, 2.75) is 0 Å². The smallest absolute Gasteiger partial charge is 0.181 e. The van der Waals surface area contributed by atoms with E-state index in [9.17, 15) is 10.1 Å². The number of halogens is 1. The molecule has 0 aliphatic carbocycles. The summed E-state index contributed by atoms with van der Waals surface area (Å²) in [5.41, 5.74) is 4.84. The van der Waals surface area contributed by atoms with Gasteiger partial charge in [-0.15, -0.1) is 0 Å². The van der Waals surface area contributed by atoms with Gasteiger partial charge in [-0.3, -0.25) is 9.78 Å². The highest BCUT2D eigenvalue weighted by atomic mass is 35.5. The minimum Gasteiger partial charge on any atom is -0.496 e. The molecule has 0 amide bonds. The highest BCUT2D eigenvalue weighted by Gasteiger charge is 2.12. The molecule has 0 aliphatic heterocycles. The maximum absolute atomic E-state index is 11.1. The first-order chi connectivity index (χ1) is 14.6. The number of nitriles is 1. The normalized spacial score (nSPS) is 11.0. The molecule has 0 fully saturated rings. The molecule has 30 heavy (non-hydrogen) atoms. The van der Waals surface area contributed by atoms with Gasteiger partial charge in [0.2, 0.25) is 0 Å². The second kappa shape index (κ2) is 8.19. The summed E-state index contributed by atoms with van der Waals surface area (Å²) < 4.78 is 10.6. The van der Waals surface area contributed by atoms with Gasteiger partial charge in [-0.25, -0.2) is 4.98 Å². The van der Waals surface area contributed by atoms with Crippen LogP contribution in [0.25, 0.3) is 34.4 Å². The molecule has 6 nitrogen and oxygen atoms in total.